The first-order chi connectivity index (χ1) is 27.2. The molecule has 56 heavy (non-hydrogen) atoms. The Morgan fingerprint density at radius 3 is 2.62 bits per heavy atom. The van der Waals surface area contributed by atoms with Crippen LogP contribution in [0.15, 0.2) is 63.9 Å². The summed E-state index contributed by atoms with van der Waals surface area (Å²) < 4.78 is 30.8. The Morgan fingerprint density at radius 2 is 1.84 bits per heavy atom. The van der Waals surface area contributed by atoms with Crippen LogP contribution in [0.25, 0.3) is 44.6 Å². The highest BCUT2D eigenvalue weighted by Gasteiger charge is 2.31. The summed E-state index contributed by atoms with van der Waals surface area (Å²) in [5.41, 5.74) is 2.01. The summed E-state index contributed by atoms with van der Waals surface area (Å²) in [6.45, 7) is 6.74. The predicted octanol–water partition coefficient (Wildman–Crippen LogP) is 6.67. The lowest BCUT2D eigenvalue weighted by molar-refractivity contribution is -0.121. The van der Waals surface area contributed by atoms with Crippen LogP contribution in [0.5, 0.6) is 11.5 Å². The van der Waals surface area contributed by atoms with Crippen molar-refractivity contribution in [2.75, 3.05) is 59.9 Å². The summed E-state index contributed by atoms with van der Waals surface area (Å²) in [5.74, 6) is -0.301. The van der Waals surface area contributed by atoms with E-state index in [1.807, 2.05) is 49.5 Å². The Bertz CT molecular complexity index is 2380. The fourth-order valence-electron chi connectivity index (χ4n) is 8.50. The monoisotopic (exact) mass is 762 g/mol. The lowest BCUT2D eigenvalue weighted by Gasteiger charge is -2.32. The second-order valence-corrected chi connectivity index (χ2v) is 15.6. The van der Waals surface area contributed by atoms with Gasteiger partial charge in [-0.3, -0.25) is 14.4 Å². The van der Waals surface area contributed by atoms with Crippen molar-refractivity contribution in [3.63, 3.8) is 0 Å². The average Bonchev–Trinajstić information content (AvgIpc) is 3.78. The topological polar surface area (TPSA) is 112 Å². The number of furan rings is 1. The minimum absolute atomic E-state index is 0.00191. The molecule has 0 radical (unpaired) electrons. The number of nitrogens with zero attached hydrogens (tertiary/aromatic N) is 4. The number of pyridine rings is 1. The number of hydrogen-bond donors (Lipinski definition) is 2. The Hall–Kier alpha value is -5.04. The normalized spacial score (nSPS) is 17.9. The zero-order valence-corrected chi connectivity index (χ0v) is 32.5. The Kier molecular flexibility index (Phi) is 11.0. The van der Waals surface area contributed by atoms with Crippen LogP contribution in [-0.2, 0) is 4.79 Å². The van der Waals surface area contributed by atoms with Gasteiger partial charge in [-0.15, -0.1) is 0 Å². The van der Waals surface area contributed by atoms with Gasteiger partial charge in [0.25, 0.3) is 5.91 Å². The van der Waals surface area contributed by atoms with Gasteiger partial charge in [0.2, 0.25) is 11.3 Å². The number of piperazine rings is 1. The van der Waals surface area contributed by atoms with Crippen molar-refractivity contribution in [1.82, 2.24) is 29.9 Å². The lowest BCUT2D eigenvalue weighted by Crippen LogP contribution is -2.48. The molecule has 3 aromatic carbocycles. The quantitative estimate of drug-likeness (QED) is 0.126. The molecule has 0 saturated carbocycles. The Labute approximate surface area is 326 Å². The van der Waals surface area contributed by atoms with E-state index >= 15 is 4.39 Å². The van der Waals surface area contributed by atoms with Crippen LogP contribution in [-0.4, -0.2) is 103 Å². The molecule has 0 spiro atoms. The maximum absolute atomic E-state index is 16.2. The van der Waals surface area contributed by atoms with Gasteiger partial charge in [0, 0.05) is 61.3 Å². The maximum Gasteiger partial charge on any atom is 0.259 e. The molecule has 3 aliphatic heterocycles. The van der Waals surface area contributed by atoms with Crippen molar-refractivity contribution < 1.29 is 23.1 Å². The Balaban J connectivity index is 1.03. The smallest absolute Gasteiger partial charge is 0.259 e. The summed E-state index contributed by atoms with van der Waals surface area (Å²) in [5, 5.41) is 8.29. The van der Waals surface area contributed by atoms with Gasteiger partial charge < -0.3 is 39.1 Å². The second kappa shape index (κ2) is 16.2. The molecule has 2 fully saturated rings. The highest BCUT2D eigenvalue weighted by Crippen LogP contribution is 2.46. The zero-order valence-electron chi connectivity index (χ0n) is 32.5. The first kappa shape index (κ1) is 37.9. The first-order valence-corrected chi connectivity index (χ1v) is 20.1. The number of hydrogen-bond acceptors (Lipinski definition) is 8. The van der Waals surface area contributed by atoms with E-state index in [0.29, 0.717) is 67.7 Å². The van der Waals surface area contributed by atoms with E-state index in [4.69, 9.17) is 9.15 Å². The van der Waals surface area contributed by atoms with Crippen molar-refractivity contribution in [3.05, 3.63) is 81.9 Å². The van der Waals surface area contributed by atoms with Gasteiger partial charge in [-0.1, -0.05) is 37.3 Å². The summed E-state index contributed by atoms with van der Waals surface area (Å²) in [6, 6.07) is 13.3. The summed E-state index contributed by atoms with van der Waals surface area (Å²) in [6.07, 6.45) is 11.8. The number of amides is 2. The van der Waals surface area contributed by atoms with Gasteiger partial charge in [0.1, 0.15) is 28.1 Å². The van der Waals surface area contributed by atoms with Crippen LogP contribution >= 0.6 is 0 Å². The van der Waals surface area contributed by atoms with E-state index in [1.54, 1.807) is 21.7 Å². The average molecular weight is 763 g/mol. The van der Waals surface area contributed by atoms with Crippen molar-refractivity contribution in [2.24, 2.45) is 0 Å². The SMILES string of the molecule is CC[C@@H](CCC/C=C/c1c(F)cc2c(=O)c(C(=O)N3CCN(C)CC3)cn3c2c1Oc1cc2c(cc1-3)oc1ccccc12)NC(=O)CNCCC1CCCN1C. The summed E-state index contributed by atoms with van der Waals surface area (Å²) in [4.78, 5) is 46.9. The number of halogens is 1. The van der Waals surface area contributed by atoms with Crippen molar-refractivity contribution in [1.29, 1.82) is 0 Å². The van der Waals surface area contributed by atoms with Gasteiger partial charge in [-0.05, 0) is 90.3 Å². The van der Waals surface area contributed by atoms with E-state index in [9.17, 15) is 14.4 Å². The third kappa shape index (κ3) is 7.45. The number of para-hydroxylation sites is 1. The van der Waals surface area contributed by atoms with E-state index in [-0.39, 0.29) is 40.1 Å². The van der Waals surface area contributed by atoms with Crippen LogP contribution in [0.1, 0.15) is 67.8 Å². The van der Waals surface area contributed by atoms with Crippen LogP contribution in [0.3, 0.4) is 0 Å². The molecule has 1 unspecified atom stereocenters. The number of nitrogens with one attached hydrogen (secondary N) is 2. The first-order valence-electron chi connectivity index (χ1n) is 20.1. The van der Waals surface area contributed by atoms with Gasteiger partial charge in [-0.25, -0.2) is 4.39 Å². The highest BCUT2D eigenvalue weighted by molar-refractivity contribution is 6.07. The minimum atomic E-state index is -0.611. The zero-order chi connectivity index (χ0) is 38.9. The van der Waals surface area contributed by atoms with E-state index in [0.717, 1.165) is 55.1 Å². The van der Waals surface area contributed by atoms with Crippen LogP contribution in [0.2, 0.25) is 0 Å². The third-order valence-corrected chi connectivity index (χ3v) is 11.9. The van der Waals surface area contributed by atoms with Crippen molar-refractivity contribution in [2.45, 2.75) is 64.0 Å². The number of aromatic nitrogens is 1. The number of benzene rings is 3. The van der Waals surface area contributed by atoms with Gasteiger partial charge in [-0.2, -0.15) is 0 Å². The Morgan fingerprint density at radius 1 is 1.02 bits per heavy atom. The van der Waals surface area contributed by atoms with Crippen LogP contribution < -0.4 is 20.8 Å². The van der Waals surface area contributed by atoms with Crippen molar-refractivity contribution >= 4 is 50.7 Å². The molecule has 5 heterocycles. The third-order valence-electron chi connectivity index (χ3n) is 11.9. The van der Waals surface area contributed by atoms with Crippen LogP contribution in [0, 0.1) is 5.82 Å². The van der Waals surface area contributed by atoms with Crippen LogP contribution in [0.4, 0.5) is 4.39 Å². The van der Waals surface area contributed by atoms with E-state index in [1.165, 1.54) is 18.9 Å². The number of carbonyl (C=O) groups is 2. The number of allylic oxidation sites excluding steroid dienone is 1. The molecule has 5 aromatic rings. The van der Waals surface area contributed by atoms with Crippen molar-refractivity contribution in [3.8, 4) is 17.2 Å². The van der Waals surface area contributed by atoms with E-state index < -0.39 is 11.2 Å². The summed E-state index contributed by atoms with van der Waals surface area (Å²) in [7, 11) is 4.17. The molecule has 3 aliphatic rings. The molecule has 12 heteroatoms. The second-order valence-electron chi connectivity index (χ2n) is 15.6. The molecule has 2 aromatic heterocycles. The molecular weight excluding hydrogens is 712 g/mol. The number of carbonyl (C=O) groups excluding carboxylic acids is 2. The lowest BCUT2D eigenvalue weighted by atomic mass is 10.0. The van der Waals surface area contributed by atoms with E-state index in [2.05, 4.69) is 34.4 Å². The molecule has 0 bridgehead atoms. The maximum atomic E-state index is 16.2. The molecule has 0 aliphatic carbocycles. The number of unbranched alkanes of at least 4 members (excludes halogenated alkanes) is 1. The molecule has 294 valence electrons. The number of likely N-dealkylation sites (tertiary alicyclic amines) is 1. The highest BCUT2D eigenvalue weighted by atomic mass is 19.1. The molecule has 2 atom stereocenters. The fourth-order valence-corrected chi connectivity index (χ4v) is 8.50. The minimum Gasteiger partial charge on any atom is -0.456 e. The number of likely N-dealkylation sites (N-methyl/N-ethyl adjacent to an activating group) is 1. The van der Waals surface area contributed by atoms with Gasteiger partial charge in [0.05, 0.1) is 23.2 Å². The predicted molar refractivity (Wildman–Crippen MR) is 219 cm³/mol. The number of fused-ring (bicyclic) bond motifs is 5. The summed E-state index contributed by atoms with van der Waals surface area (Å²) >= 11 is 0. The molecule has 8 rings (SSSR count). The van der Waals surface area contributed by atoms with Gasteiger partial charge in [0.15, 0.2) is 11.5 Å². The largest absolute Gasteiger partial charge is 0.456 e. The number of ether oxygens (including phenoxy) is 1. The standard InChI is InChI=1S/C44H51FN6O5/c1-4-28(47-40(52)26-46-17-16-29-12-10-18-49(29)3)11-6-5-7-14-31-35(45)23-33-41-43(31)56-39-24-32-30-13-8-9-15-37(30)55-38(32)25-36(39)51(41)27-34(42(33)53)44(54)50-21-19-48(2)20-22-50/h7-9,13-15,23-25,27-29,46H,4-6,10-12,16-22,26H2,1-3H3,(H,47,52)/b14-7+/t28-,29?/m0/s1. The molecule has 2 amide bonds. The molecule has 2 N–H and O–H groups in total. The molecular formula is C44H51FN6O5. The molecule has 2 saturated heterocycles. The van der Waals surface area contributed by atoms with Gasteiger partial charge >= 0.3 is 0 Å². The molecule has 11 nitrogen and oxygen atoms in total. The number of rotatable bonds is 13. The fraction of sp³-hybridized carbons (Fsp3) is 0.432.